The van der Waals surface area contributed by atoms with E-state index < -0.39 is 0 Å². The average Bonchev–Trinajstić information content (AvgIpc) is 2.07. The highest BCUT2D eigenvalue weighted by molar-refractivity contribution is 5.46. The summed E-state index contributed by atoms with van der Waals surface area (Å²) in [5.74, 6) is 0. The smallest absolute Gasteiger partial charge is 0.0465 e. The van der Waals surface area contributed by atoms with Crippen LogP contribution in [0, 0.1) is 0 Å². The van der Waals surface area contributed by atoms with Gasteiger partial charge >= 0.3 is 0 Å². The molecule has 0 spiro atoms. The summed E-state index contributed by atoms with van der Waals surface area (Å²) in [4.78, 5) is 3.95. The summed E-state index contributed by atoms with van der Waals surface area (Å²) >= 11 is 0. The zero-order chi connectivity index (χ0) is 7.94. The maximum Gasteiger partial charge on any atom is 0.0465 e. The minimum Gasteiger partial charge on any atom is -0.396 e. The van der Waals surface area contributed by atoms with E-state index in [2.05, 4.69) is 4.98 Å². The summed E-state index contributed by atoms with van der Waals surface area (Å²) < 4.78 is 0. The second kappa shape index (κ2) is 4.63. The lowest BCUT2D eigenvalue weighted by Crippen LogP contribution is -1.76. The number of rotatable bonds is 3. The van der Waals surface area contributed by atoms with E-state index in [1.54, 1.807) is 12.4 Å². The fourth-order valence-corrected chi connectivity index (χ4v) is 0.769. The normalized spacial score (nSPS) is 10.6. The van der Waals surface area contributed by atoms with Gasteiger partial charge in [-0.05, 0) is 18.1 Å². The molecule has 0 fully saturated rings. The molecule has 1 aromatic rings. The van der Waals surface area contributed by atoms with Gasteiger partial charge in [-0.15, -0.1) is 0 Å². The molecule has 0 bridgehead atoms. The first-order valence-corrected chi connectivity index (χ1v) is 3.61. The summed E-state index contributed by atoms with van der Waals surface area (Å²) in [5.41, 5.74) is 1.07. The Morgan fingerprint density at radius 1 is 1.55 bits per heavy atom. The summed E-state index contributed by atoms with van der Waals surface area (Å²) in [5, 5.41) is 8.48. The summed E-state index contributed by atoms with van der Waals surface area (Å²) in [7, 11) is 0. The average molecular weight is 149 g/mol. The Balaban J connectivity index is 2.50. The van der Waals surface area contributed by atoms with Crippen LogP contribution in [0.15, 0.2) is 30.6 Å². The van der Waals surface area contributed by atoms with E-state index in [1.807, 2.05) is 24.3 Å². The molecule has 0 saturated carbocycles. The van der Waals surface area contributed by atoms with E-state index >= 15 is 0 Å². The molecule has 2 nitrogen and oxygen atoms in total. The molecule has 1 rings (SSSR count). The lowest BCUT2D eigenvalue weighted by molar-refractivity contribution is 0.303. The molecule has 58 valence electrons. The molecule has 0 amide bonds. The third-order valence-corrected chi connectivity index (χ3v) is 1.29. The highest BCUT2D eigenvalue weighted by Crippen LogP contribution is 1.98. The molecule has 0 atom stereocenters. The highest BCUT2D eigenvalue weighted by atomic mass is 16.2. The third kappa shape index (κ3) is 2.96. The van der Waals surface area contributed by atoms with Gasteiger partial charge in [0.05, 0.1) is 0 Å². The molecule has 0 aliphatic heterocycles. The minimum absolute atomic E-state index is 0.205. The fraction of sp³-hybridized carbons (Fsp3) is 0.222. The van der Waals surface area contributed by atoms with E-state index in [1.165, 1.54) is 0 Å². The van der Waals surface area contributed by atoms with Gasteiger partial charge in [-0.1, -0.05) is 18.2 Å². The number of hydrogen-bond donors (Lipinski definition) is 1. The van der Waals surface area contributed by atoms with Gasteiger partial charge in [0, 0.05) is 19.0 Å². The maximum atomic E-state index is 8.48. The predicted molar refractivity (Wildman–Crippen MR) is 45.0 cm³/mol. The quantitative estimate of drug-likeness (QED) is 0.706. The second-order valence-corrected chi connectivity index (χ2v) is 2.20. The lowest BCUT2D eigenvalue weighted by atomic mass is 10.2. The van der Waals surface area contributed by atoms with Crippen LogP contribution in [0.5, 0.6) is 0 Å². The van der Waals surface area contributed by atoms with Crippen LogP contribution < -0.4 is 0 Å². The first-order chi connectivity index (χ1) is 5.43. The predicted octanol–water partition coefficient (Wildman–Crippen LogP) is 1.48. The van der Waals surface area contributed by atoms with Crippen LogP contribution in [0.1, 0.15) is 12.0 Å². The van der Waals surface area contributed by atoms with Gasteiger partial charge in [-0.3, -0.25) is 4.98 Å². The van der Waals surface area contributed by atoms with Gasteiger partial charge in [0.15, 0.2) is 0 Å². The van der Waals surface area contributed by atoms with Crippen molar-refractivity contribution in [1.29, 1.82) is 0 Å². The number of nitrogens with zero attached hydrogens (tertiary/aromatic N) is 1. The summed E-state index contributed by atoms with van der Waals surface area (Å²) in [6.45, 7) is 0.205. The van der Waals surface area contributed by atoms with Crippen molar-refractivity contribution in [2.45, 2.75) is 6.42 Å². The van der Waals surface area contributed by atoms with Gasteiger partial charge in [0.25, 0.3) is 0 Å². The van der Waals surface area contributed by atoms with Crippen molar-refractivity contribution >= 4 is 6.08 Å². The fourth-order valence-electron chi connectivity index (χ4n) is 0.769. The Morgan fingerprint density at radius 2 is 2.45 bits per heavy atom. The molecule has 0 saturated heterocycles. The second-order valence-electron chi connectivity index (χ2n) is 2.20. The zero-order valence-electron chi connectivity index (χ0n) is 6.27. The van der Waals surface area contributed by atoms with Crippen LogP contribution in [0.25, 0.3) is 6.08 Å². The number of aliphatic hydroxyl groups excluding tert-OH is 1. The van der Waals surface area contributed by atoms with Gasteiger partial charge < -0.3 is 5.11 Å². The Hall–Kier alpha value is -1.15. The van der Waals surface area contributed by atoms with Crippen molar-refractivity contribution < 1.29 is 5.11 Å². The molecule has 0 aromatic carbocycles. The molecule has 1 heterocycles. The molecule has 1 N–H and O–H groups in total. The van der Waals surface area contributed by atoms with Crippen molar-refractivity contribution in [3.8, 4) is 0 Å². The van der Waals surface area contributed by atoms with Crippen LogP contribution in [0.4, 0.5) is 0 Å². The van der Waals surface area contributed by atoms with Crippen LogP contribution in [-0.2, 0) is 0 Å². The maximum absolute atomic E-state index is 8.48. The van der Waals surface area contributed by atoms with Crippen LogP contribution in [-0.4, -0.2) is 16.7 Å². The van der Waals surface area contributed by atoms with Gasteiger partial charge in [-0.2, -0.15) is 0 Å². The first-order valence-electron chi connectivity index (χ1n) is 3.61. The molecule has 1 aromatic heterocycles. The molecule has 0 radical (unpaired) electrons. The third-order valence-electron chi connectivity index (χ3n) is 1.29. The van der Waals surface area contributed by atoms with Crippen molar-refractivity contribution in [1.82, 2.24) is 4.98 Å². The van der Waals surface area contributed by atoms with Crippen molar-refractivity contribution in [2.24, 2.45) is 0 Å². The number of aromatic nitrogens is 1. The number of pyridine rings is 1. The number of aliphatic hydroxyl groups is 1. The van der Waals surface area contributed by atoms with Crippen molar-refractivity contribution in [3.05, 3.63) is 36.2 Å². The van der Waals surface area contributed by atoms with E-state index in [-0.39, 0.29) is 6.61 Å². The van der Waals surface area contributed by atoms with Gasteiger partial charge in [0.1, 0.15) is 0 Å². The topological polar surface area (TPSA) is 33.1 Å². The Bertz CT molecular complexity index is 218. The standard InChI is InChI=1S/C9H11NO/c11-7-2-1-4-9-5-3-6-10-8-9/h1,3-6,8,11H,2,7H2/b4-1-. The molecule has 11 heavy (non-hydrogen) atoms. The van der Waals surface area contributed by atoms with Crippen LogP contribution in [0.2, 0.25) is 0 Å². The zero-order valence-corrected chi connectivity index (χ0v) is 6.27. The Labute approximate surface area is 66.2 Å². The van der Waals surface area contributed by atoms with Crippen molar-refractivity contribution in [3.63, 3.8) is 0 Å². The molecular weight excluding hydrogens is 138 g/mol. The lowest BCUT2D eigenvalue weighted by Gasteiger charge is -1.88. The van der Waals surface area contributed by atoms with Gasteiger partial charge in [0.2, 0.25) is 0 Å². The Morgan fingerprint density at radius 3 is 3.09 bits per heavy atom. The van der Waals surface area contributed by atoms with E-state index in [0.717, 1.165) is 5.56 Å². The first kappa shape index (κ1) is 7.95. The summed E-state index contributed by atoms with van der Waals surface area (Å²) in [6, 6.07) is 3.86. The summed E-state index contributed by atoms with van der Waals surface area (Å²) in [6.07, 6.45) is 8.10. The van der Waals surface area contributed by atoms with Gasteiger partial charge in [-0.25, -0.2) is 0 Å². The monoisotopic (exact) mass is 149 g/mol. The number of hydrogen-bond acceptors (Lipinski definition) is 2. The molecule has 0 aliphatic rings. The molecular formula is C9H11NO. The van der Waals surface area contributed by atoms with Crippen molar-refractivity contribution in [2.75, 3.05) is 6.61 Å². The Kier molecular flexibility index (Phi) is 3.35. The van der Waals surface area contributed by atoms with E-state index in [9.17, 15) is 0 Å². The largest absolute Gasteiger partial charge is 0.396 e. The van der Waals surface area contributed by atoms with Crippen LogP contribution in [0.3, 0.4) is 0 Å². The minimum atomic E-state index is 0.205. The highest BCUT2D eigenvalue weighted by Gasteiger charge is 1.81. The molecule has 0 aliphatic carbocycles. The molecule has 0 unspecified atom stereocenters. The SMILES string of the molecule is OCC/C=C\c1cccnc1. The van der Waals surface area contributed by atoms with E-state index in [0.29, 0.717) is 6.42 Å². The van der Waals surface area contributed by atoms with Crippen LogP contribution >= 0.6 is 0 Å². The van der Waals surface area contributed by atoms with E-state index in [4.69, 9.17) is 5.11 Å². The molecule has 2 heteroatoms.